The fraction of sp³-hybridized carbons (Fsp3) is 0.0714. The van der Waals surface area contributed by atoms with Crippen molar-refractivity contribution in [3.63, 3.8) is 0 Å². The lowest BCUT2D eigenvalue weighted by molar-refractivity contribution is 0.100. The van der Waals surface area contributed by atoms with Gasteiger partial charge in [0.05, 0.1) is 26.5 Å². The summed E-state index contributed by atoms with van der Waals surface area (Å²) in [7, 11) is -1.30. The Labute approximate surface area is 124 Å². The van der Waals surface area contributed by atoms with Crippen molar-refractivity contribution in [2.75, 3.05) is 5.73 Å². The number of hydrogen-bond acceptors (Lipinski definition) is 3. The second kappa shape index (κ2) is 6.07. The molecule has 0 saturated heterocycles. The molecular formula is C14H13ClN2O2S. The van der Waals surface area contributed by atoms with Gasteiger partial charge >= 0.3 is 0 Å². The molecule has 4 nitrogen and oxygen atoms in total. The molecule has 4 N–H and O–H groups in total. The van der Waals surface area contributed by atoms with Crippen LogP contribution in [0, 0.1) is 0 Å². The highest BCUT2D eigenvalue weighted by atomic mass is 35.5. The van der Waals surface area contributed by atoms with Crippen molar-refractivity contribution in [3.05, 3.63) is 58.6 Å². The lowest BCUT2D eigenvalue weighted by Gasteiger charge is -2.06. The number of carbonyl (C=O) groups excluding carboxylic acids is 1. The summed E-state index contributed by atoms with van der Waals surface area (Å²) >= 11 is 6.01. The summed E-state index contributed by atoms with van der Waals surface area (Å²) in [5.74, 6) is -0.195. The number of amides is 1. The number of nitrogens with two attached hydrogens (primary N) is 2. The van der Waals surface area contributed by atoms with Crippen LogP contribution in [-0.4, -0.2) is 10.1 Å². The first kappa shape index (κ1) is 14.6. The normalized spacial score (nSPS) is 12.1. The first-order valence-electron chi connectivity index (χ1n) is 5.79. The third kappa shape index (κ3) is 3.37. The van der Waals surface area contributed by atoms with Crippen LogP contribution in [0.25, 0.3) is 0 Å². The van der Waals surface area contributed by atoms with Crippen LogP contribution in [0.2, 0.25) is 5.02 Å². The molecule has 1 atom stereocenters. The SMILES string of the molecule is NC(=O)c1ccc(CS(=O)c2cc(N)ccc2Cl)cc1. The number of carbonyl (C=O) groups is 1. The predicted molar refractivity (Wildman–Crippen MR) is 80.9 cm³/mol. The van der Waals surface area contributed by atoms with Gasteiger partial charge in [-0.25, -0.2) is 0 Å². The van der Waals surface area contributed by atoms with Gasteiger partial charge in [-0.15, -0.1) is 0 Å². The van der Waals surface area contributed by atoms with Gasteiger partial charge in [-0.2, -0.15) is 0 Å². The number of anilines is 1. The second-order valence-corrected chi connectivity index (χ2v) is 6.07. The Hall–Kier alpha value is -1.85. The summed E-state index contributed by atoms with van der Waals surface area (Å²) in [5.41, 5.74) is 12.6. The fourth-order valence-electron chi connectivity index (χ4n) is 1.69. The van der Waals surface area contributed by atoms with Gasteiger partial charge in [0.15, 0.2) is 0 Å². The highest BCUT2D eigenvalue weighted by Crippen LogP contribution is 2.24. The average molecular weight is 309 g/mol. The molecule has 0 aliphatic rings. The lowest BCUT2D eigenvalue weighted by atomic mass is 10.1. The van der Waals surface area contributed by atoms with Crippen molar-refractivity contribution >= 4 is 34.0 Å². The smallest absolute Gasteiger partial charge is 0.248 e. The van der Waals surface area contributed by atoms with Crippen LogP contribution in [0.15, 0.2) is 47.4 Å². The molecular weight excluding hydrogens is 296 g/mol. The minimum atomic E-state index is -1.30. The Morgan fingerprint density at radius 1 is 1.15 bits per heavy atom. The molecule has 0 spiro atoms. The molecule has 2 rings (SSSR count). The Bertz CT molecular complexity index is 671. The van der Waals surface area contributed by atoms with E-state index < -0.39 is 16.7 Å². The monoisotopic (exact) mass is 308 g/mol. The number of halogens is 1. The third-order valence-corrected chi connectivity index (χ3v) is 4.60. The summed E-state index contributed by atoms with van der Waals surface area (Å²) in [5, 5.41) is 0.422. The lowest BCUT2D eigenvalue weighted by Crippen LogP contribution is -2.10. The molecule has 2 aromatic rings. The summed E-state index contributed by atoms with van der Waals surface area (Å²) < 4.78 is 12.3. The Kier molecular flexibility index (Phi) is 4.42. The molecule has 2 aromatic carbocycles. The highest BCUT2D eigenvalue weighted by Gasteiger charge is 2.10. The molecule has 0 aliphatic carbocycles. The first-order valence-corrected chi connectivity index (χ1v) is 7.49. The van der Waals surface area contributed by atoms with Crippen LogP contribution in [0.5, 0.6) is 0 Å². The van der Waals surface area contributed by atoms with Crippen molar-refractivity contribution in [1.29, 1.82) is 0 Å². The number of benzene rings is 2. The number of hydrogen-bond donors (Lipinski definition) is 2. The number of nitrogen functional groups attached to an aromatic ring is 1. The Morgan fingerprint density at radius 3 is 2.40 bits per heavy atom. The Morgan fingerprint density at radius 2 is 1.80 bits per heavy atom. The van der Waals surface area contributed by atoms with Crippen LogP contribution in [0.4, 0.5) is 5.69 Å². The van der Waals surface area contributed by atoms with Crippen LogP contribution >= 0.6 is 11.6 Å². The molecule has 0 aromatic heterocycles. The van der Waals surface area contributed by atoms with E-state index >= 15 is 0 Å². The molecule has 6 heteroatoms. The maximum Gasteiger partial charge on any atom is 0.248 e. The maximum absolute atomic E-state index is 12.3. The van der Waals surface area contributed by atoms with Gasteiger partial charge in [0, 0.05) is 11.3 Å². The van der Waals surface area contributed by atoms with Gasteiger partial charge in [0.1, 0.15) is 0 Å². The summed E-state index contributed by atoms with van der Waals surface area (Å²) in [6, 6.07) is 11.5. The number of rotatable bonds is 4. The molecule has 1 amide bonds. The number of primary amides is 1. The zero-order chi connectivity index (χ0) is 14.7. The molecule has 0 radical (unpaired) electrons. The van der Waals surface area contributed by atoms with E-state index in [1.807, 2.05) is 0 Å². The van der Waals surface area contributed by atoms with E-state index in [4.69, 9.17) is 23.1 Å². The molecule has 0 bridgehead atoms. The van der Waals surface area contributed by atoms with Crippen molar-refractivity contribution in [2.24, 2.45) is 5.73 Å². The summed E-state index contributed by atoms with van der Waals surface area (Å²) in [6.45, 7) is 0. The maximum atomic E-state index is 12.3. The van der Waals surface area contributed by atoms with Crippen molar-refractivity contribution in [1.82, 2.24) is 0 Å². The van der Waals surface area contributed by atoms with Gasteiger partial charge in [0.25, 0.3) is 0 Å². The third-order valence-electron chi connectivity index (χ3n) is 2.74. The molecule has 20 heavy (non-hydrogen) atoms. The largest absolute Gasteiger partial charge is 0.399 e. The molecule has 0 heterocycles. The van der Waals surface area contributed by atoms with Gasteiger partial charge in [0.2, 0.25) is 5.91 Å². The minimum absolute atomic E-state index is 0.294. The zero-order valence-electron chi connectivity index (χ0n) is 10.5. The molecule has 1 unspecified atom stereocenters. The fourth-order valence-corrected chi connectivity index (χ4v) is 3.27. The second-order valence-electron chi connectivity index (χ2n) is 4.24. The predicted octanol–water partition coefficient (Wildman–Crippen LogP) is 2.33. The van der Waals surface area contributed by atoms with Gasteiger partial charge in [-0.1, -0.05) is 23.7 Å². The van der Waals surface area contributed by atoms with E-state index in [9.17, 15) is 9.00 Å². The quantitative estimate of drug-likeness (QED) is 0.850. The molecule has 104 valence electrons. The van der Waals surface area contributed by atoms with Gasteiger partial charge in [-0.05, 0) is 35.9 Å². The first-order chi connectivity index (χ1) is 9.47. The minimum Gasteiger partial charge on any atom is -0.399 e. The molecule has 0 saturated carbocycles. The van der Waals surface area contributed by atoms with E-state index in [0.29, 0.717) is 26.9 Å². The van der Waals surface area contributed by atoms with E-state index in [0.717, 1.165) is 5.56 Å². The van der Waals surface area contributed by atoms with E-state index in [2.05, 4.69) is 0 Å². The standard InChI is InChI=1S/C14H13ClN2O2S/c15-12-6-5-11(16)7-13(12)20(19)8-9-1-3-10(4-2-9)14(17)18/h1-7H,8,16H2,(H2,17,18). The van der Waals surface area contributed by atoms with Crippen LogP contribution < -0.4 is 11.5 Å². The molecule has 0 aliphatic heterocycles. The summed E-state index contributed by atoms with van der Waals surface area (Å²) in [6.07, 6.45) is 0. The van der Waals surface area contributed by atoms with Crippen molar-refractivity contribution in [2.45, 2.75) is 10.6 Å². The van der Waals surface area contributed by atoms with E-state index in [1.165, 1.54) is 0 Å². The Balaban J connectivity index is 2.19. The van der Waals surface area contributed by atoms with E-state index in [1.54, 1.807) is 42.5 Å². The summed E-state index contributed by atoms with van der Waals surface area (Å²) in [4.78, 5) is 11.5. The van der Waals surface area contributed by atoms with Crippen LogP contribution in [-0.2, 0) is 16.6 Å². The van der Waals surface area contributed by atoms with Crippen LogP contribution in [0.3, 0.4) is 0 Å². The topological polar surface area (TPSA) is 86.2 Å². The zero-order valence-corrected chi connectivity index (χ0v) is 12.1. The van der Waals surface area contributed by atoms with Gasteiger partial charge < -0.3 is 11.5 Å². The molecule has 0 fully saturated rings. The van der Waals surface area contributed by atoms with Crippen LogP contribution in [0.1, 0.15) is 15.9 Å². The highest BCUT2D eigenvalue weighted by molar-refractivity contribution is 7.84. The van der Waals surface area contributed by atoms with E-state index in [-0.39, 0.29) is 0 Å². The van der Waals surface area contributed by atoms with Crippen molar-refractivity contribution in [3.8, 4) is 0 Å². The van der Waals surface area contributed by atoms with Crippen molar-refractivity contribution < 1.29 is 9.00 Å². The van der Waals surface area contributed by atoms with Gasteiger partial charge in [-0.3, -0.25) is 9.00 Å². The average Bonchev–Trinajstić information content (AvgIpc) is 2.42.